The van der Waals surface area contributed by atoms with Crippen molar-refractivity contribution in [2.45, 2.75) is 4.90 Å². The average molecular weight is 449 g/mol. The van der Waals surface area contributed by atoms with Crippen LogP contribution in [0.25, 0.3) is 0 Å². The monoisotopic (exact) mass is 449 g/mol. The van der Waals surface area contributed by atoms with Crippen LogP contribution in [0.15, 0.2) is 53.4 Å². The molecule has 0 radical (unpaired) electrons. The highest BCUT2D eigenvalue weighted by molar-refractivity contribution is 7.89. The number of morpholine rings is 1. The lowest BCUT2D eigenvalue weighted by atomic mass is 10.3. The topological polar surface area (TPSA) is 134 Å². The van der Waals surface area contributed by atoms with Crippen LogP contribution in [-0.2, 0) is 24.3 Å². The molecule has 0 aliphatic carbocycles. The van der Waals surface area contributed by atoms with Crippen molar-refractivity contribution in [2.24, 2.45) is 0 Å². The molecule has 2 amide bonds. The molecule has 2 aromatic rings. The lowest BCUT2D eigenvalue weighted by molar-refractivity contribution is -0.125. The molecule has 1 aliphatic heterocycles. The van der Waals surface area contributed by atoms with Gasteiger partial charge >= 0.3 is 0 Å². The number of sulfonamides is 1. The van der Waals surface area contributed by atoms with Crippen molar-refractivity contribution < 1.29 is 32.6 Å². The molecule has 1 heterocycles. The number of hydrogen-bond donors (Lipinski definition) is 3. The number of amides is 2. The number of carbonyl (C=O) groups excluding carboxylic acids is 2. The molecule has 10 nitrogen and oxygen atoms in total. The zero-order valence-corrected chi connectivity index (χ0v) is 17.4. The SMILES string of the molecule is O=C(COc1ccccc1)NCC(=O)Nc1cc(S(=O)(=O)N2CCOCC2)ccc1O. The molecule has 0 atom stereocenters. The Morgan fingerprint density at radius 1 is 1.06 bits per heavy atom. The first-order valence-electron chi connectivity index (χ1n) is 9.51. The number of para-hydroxylation sites is 1. The molecule has 1 aliphatic rings. The molecular formula is C20H23N3O7S. The zero-order chi connectivity index (χ0) is 22.3. The molecule has 0 aromatic heterocycles. The van der Waals surface area contributed by atoms with E-state index >= 15 is 0 Å². The minimum atomic E-state index is -3.79. The number of nitrogens with zero attached hydrogens (tertiary/aromatic N) is 1. The number of anilines is 1. The van der Waals surface area contributed by atoms with Crippen LogP contribution in [0, 0.1) is 0 Å². The van der Waals surface area contributed by atoms with Crippen molar-refractivity contribution in [3.63, 3.8) is 0 Å². The van der Waals surface area contributed by atoms with Gasteiger partial charge in [-0.2, -0.15) is 4.31 Å². The Morgan fingerprint density at radius 3 is 2.48 bits per heavy atom. The number of phenolic OH excluding ortho intramolecular Hbond substituents is 1. The summed E-state index contributed by atoms with van der Waals surface area (Å²) in [6.45, 7) is 0.403. The van der Waals surface area contributed by atoms with Crippen LogP contribution in [0.4, 0.5) is 5.69 Å². The fourth-order valence-corrected chi connectivity index (χ4v) is 4.24. The van der Waals surface area contributed by atoms with E-state index in [0.717, 1.165) is 0 Å². The molecule has 0 saturated carbocycles. The van der Waals surface area contributed by atoms with Gasteiger partial charge in [0.2, 0.25) is 15.9 Å². The van der Waals surface area contributed by atoms with Crippen LogP contribution in [0.2, 0.25) is 0 Å². The lowest BCUT2D eigenvalue weighted by Gasteiger charge is -2.26. The summed E-state index contributed by atoms with van der Waals surface area (Å²) in [6.07, 6.45) is 0. The first-order valence-corrected chi connectivity index (χ1v) is 11.0. The van der Waals surface area contributed by atoms with Crippen molar-refractivity contribution in [1.82, 2.24) is 9.62 Å². The Morgan fingerprint density at radius 2 is 1.77 bits per heavy atom. The van der Waals surface area contributed by atoms with E-state index in [1.54, 1.807) is 24.3 Å². The minimum Gasteiger partial charge on any atom is -0.506 e. The second kappa shape index (κ2) is 10.2. The van der Waals surface area contributed by atoms with E-state index in [1.807, 2.05) is 6.07 Å². The molecule has 3 N–H and O–H groups in total. The number of rotatable bonds is 8. The first-order chi connectivity index (χ1) is 14.9. The van der Waals surface area contributed by atoms with E-state index in [2.05, 4.69) is 10.6 Å². The number of benzene rings is 2. The Hall–Kier alpha value is -3.15. The second-order valence-electron chi connectivity index (χ2n) is 6.62. The Labute approximate surface area is 179 Å². The highest BCUT2D eigenvalue weighted by Gasteiger charge is 2.27. The smallest absolute Gasteiger partial charge is 0.258 e. The Balaban J connectivity index is 1.55. The van der Waals surface area contributed by atoms with Crippen molar-refractivity contribution in [1.29, 1.82) is 0 Å². The maximum atomic E-state index is 12.7. The van der Waals surface area contributed by atoms with E-state index < -0.39 is 21.8 Å². The number of phenols is 1. The summed E-state index contributed by atoms with van der Waals surface area (Å²) in [5.74, 6) is -0.922. The largest absolute Gasteiger partial charge is 0.506 e. The maximum absolute atomic E-state index is 12.7. The number of hydrogen-bond acceptors (Lipinski definition) is 7. The van der Waals surface area contributed by atoms with Crippen molar-refractivity contribution >= 4 is 27.5 Å². The quantitative estimate of drug-likeness (QED) is 0.501. The van der Waals surface area contributed by atoms with Gasteiger partial charge < -0.3 is 25.2 Å². The third-order valence-electron chi connectivity index (χ3n) is 4.41. The van der Waals surface area contributed by atoms with E-state index in [9.17, 15) is 23.1 Å². The molecule has 3 rings (SSSR count). The summed E-state index contributed by atoms with van der Waals surface area (Å²) in [6, 6.07) is 12.4. The number of aromatic hydroxyl groups is 1. The highest BCUT2D eigenvalue weighted by Crippen LogP contribution is 2.28. The molecule has 0 spiro atoms. The molecule has 0 unspecified atom stereocenters. The summed E-state index contributed by atoms with van der Waals surface area (Å²) in [5.41, 5.74) is -0.0749. The molecular weight excluding hydrogens is 426 g/mol. The molecule has 0 bridgehead atoms. The van der Waals surface area contributed by atoms with Gasteiger partial charge in [-0.1, -0.05) is 18.2 Å². The fourth-order valence-electron chi connectivity index (χ4n) is 2.80. The summed E-state index contributed by atoms with van der Waals surface area (Å²) < 4.78 is 37.2. The third-order valence-corrected chi connectivity index (χ3v) is 6.30. The van der Waals surface area contributed by atoms with Gasteiger partial charge in [0, 0.05) is 13.1 Å². The molecule has 11 heteroatoms. The molecule has 31 heavy (non-hydrogen) atoms. The molecule has 1 saturated heterocycles. The average Bonchev–Trinajstić information content (AvgIpc) is 2.79. The maximum Gasteiger partial charge on any atom is 0.258 e. The van der Waals surface area contributed by atoms with Crippen LogP contribution in [0.1, 0.15) is 0 Å². The summed E-state index contributed by atoms with van der Waals surface area (Å²) in [7, 11) is -3.79. The van der Waals surface area contributed by atoms with Crippen LogP contribution in [0.5, 0.6) is 11.5 Å². The van der Waals surface area contributed by atoms with Crippen LogP contribution < -0.4 is 15.4 Å². The van der Waals surface area contributed by atoms with Gasteiger partial charge in [-0.05, 0) is 30.3 Å². The fraction of sp³-hybridized carbons (Fsp3) is 0.300. The predicted octanol–water partition coefficient (Wildman–Crippen LogP) is 0.547. The summed E-state index contributed by atoms with van der Waals surface area (Å²) >= 11 is 0. The van der Waals surface area contributed by atoms with Crippen LogP contribution in [-0.4, -0.2) is 69.1 Å². The molecule has 2 aromatic carbocycles. The summed E-state index contributed by atoms with van der Waals surface area (Å²) in [4.78, 5) is 23.9. The minimum absolute atomic E-state index is 0.0669. The van der Waals surface area contributed by atoms with Gasteiger partial charge in [-0.3, -0.25) is 9.59 Å². The second-order valence-corrected chi connectivity index (χ2v) is 8.56. The Kier molecular flexibility index (Phi) is 7.45. The normalized spacial score (nSPS) is 14.6. The molecule has 166 valence electrons. The first kappa shape index (κ1) is 22.5. The predicted molar refractivity (Wildman–Crippen MR) is 111 cm³/mol. The van der Waals surface area contributed by atoms with Gasteiger partial charge in [0.15, 0.2) is 6.61 Å². The van der Waals surface area contributed by atoms with Gasteiger partial charge in [0.1, 0.15) is 11.5 Å². The van der Waals surface area contributed by atoms with E-state index in [-0.39, 0.29) is 42.6 Å². The van der Waals surface area contributed by atoms with Gasteiger partial charge in [0.25, 0.3) is 5.91 Å². The number of nitrogens with one attached hydrogen (secondary N) is 2. The number of ether oxygens (including phenoxy) is 2. The van der Waals surface area contributed by atoms with Crippen LogP contribution in [0.3, 0.4) is 0 Å². The van der Waals surface area contributed by atoms with E-state index in [4.69, 9.17) is 9.47 Å². The van der Waals surface area contributed by atoms with Crippen LogP contribution >= 0.6 is 0 Å². The Bertz CT molecular complexity index is 1020. The third kappa shape index (κ3) is 6.17. The van der Waals surface area contributed by atoms with Crippen molar-refractivity contribution in [2.75, 3.05) is 44.8 Å². The number of carbonyl (C=O) groups is 2. The van der Waals surface area contributed by atoms with Gasteiger partial charge in [-0.15, -0.1) is 0 Å². The van der Waals surface area contributed by atoms with Crippen molar-refractivity contribution in [3.8, 4) is 11.5 Å². The lowest BCUT2D eigenvalue weighted by Crippen LogP contribution is -2.40. The van der Waals surface area contributed by atoms with Gasteiger partial charge in [-0.25, -0.2) is 8.42 Å². The highest BCUT2D eigenvalue weighted by atomic mass is 32.2. The standard InChI is InChI=1S/C20H23N3O7S/c24-18-7-6-16(31(27,28)23-8-10-29-11-9-23)12-17(18)22-19(25)13-21-20(26)14-30-15-4-2-1-3-5-15/h1-7,12,24H,8-11,13-14H2,(H,21,26)(H,22,25). The van der Waals surface area contributed by atoms with E-state index in [1.165, 1.54) is 22.5 Å². The van der Waals surface area contributed by atoms with Crippen molar-refractivity contribution in [3.05, 3.63) is 48.5 Å². The van der Waals surface area contributed by atoms with Gasteiger partial charge in [0.05, 0.1) is 30.3 Å². The van der Waals surface area contributed by atoms with E-state index in [0.29, 0.717) is 19.0 Å². The molecule has 1 fully saturated rings. The summed E-state index contributed by atoms with van der Waals surface area (Å²) in [5, 5.41) is 14.8. The zero-order valence-electron chi connectivity index (χ0n) is 16.6.